The standard InChI is InChI=1S/C9H16N2O/c1-4-7-9(6(3)12)8(5-2)11-10-7/h6,12H,4-5H2,1-3H3,(H,10,11). The summed E-state index contributed by atoms with van der Waals surface area (Å²) in [5.74, 6) is 0. The van der Waals surface area contributed by atoms with Crippen LogP contribution in [-0.2, 0) is 12.8 Å². The third kappa shape index (κ3) is 1.50. The van der Waals surface area contributed by atoms with Crippen LogP contribution in [0.3, 0.4) is 0 Å². The highest BCUT2D eigenvalue weighted by atomic mass is 16.3. The van der Waals surface area contributed by atoms with E-state index in [0.29, 0.717) is 0 Å². The predicted molar refractivity (Wildman–Crippen MR) is 48.0 cm³/mol. The Balaban J connectivity index is 3.07. The minimum Gasteiger partial charge on any atom is -0.389 e. The summed E-state index contributed by atoms with van der Waals surface area (Å²) in [6.07, 6.45) is 1.36. The Morgan fingerprint density at radius 3 is 2.50 bits per heavy atom. The summed E-state index contributed by atoms with van der Waals surface area (Å²) in [5.41, 5.74) is 3.03. The topological polar surface area (TPSA) is 48.9 Å². The molecule has 0 fully saturated rings. The Morgan fingerprint density at radius 2 is 2.08 bits per heavy atom. The summed E-state index contributed by atoms with van der Waals surface area (Å²) >= 11 is 0. The van der Waals surface area contributed by atoms with Crippen molar-refractivity contribution in [1.82, 2.24) is 10.2 Å². The van der Waals surface area contributed by atoms with Crippen LogP contribution in [0, 0.1) is 0 Å². The summed E-state index contributed by atoms with van der Waals surface area (Å²) in [6, 6.07) is 0. The van der Waals surface area contributed by atoms with Crippen LogP contribution in [0.15, 0.2) is 0 Å². The van der Waals surface area contributed by atoms with Crippen LogP contribution in [-0.4, -0.2) is 15.3 Å². The Hall–Kier alpha value is -0.830. The summed E-state index contributed by atoms with van der Waals surface area (Å²) in [7, 11) is 0. The number of hydrogen-bond donors (Lipinski definition) is 2. The van der Waals surface area contributed by atoms with Gasteiger partial charge in [-0.2, -0.15) is 5.10 Å². The molecule has 0 bridgehead atoms. The van der Waals surface area contributed by atoms with E-state index in [1.807, 2.05) is 6.92 Å². The molecule has 68 valence electrons. The Morgan fingerprint density at radius 1 is 1.42 bits per heavy atom. The van der Waals surface area contributed by atoms with Gasteiger partial charge in [0, 0.05) is 11.3 Å². The highest BCUT2D eigenvalue weighted by molar-refractivity contribution is 5.27. The van der Waals surface area contributed by atoms with Gasteiger partial charge in [-0.3, -0.25) is 5.10 Å². The fraction of sp³-hybridized carbons (Fsp3) is 0.667. The van der Waals surface area contributed by atoms with Crippen LogP contribution in [0.1, 0.15) is 43.8 Å². The van der Waals surface area contributed by atoms with Gasteiger partial charge in [0.2, 0.25) is 0 Å². The number of aryl methyl sites for hydroxylation is 2. The Bertz CT molecular complexity index is 232. The van der Waals surface area contributed by atoms with Gasteiger partial charge in [-0.1, -0.05) is 13.8 Å². The fourth-order valence-corrected chi connectivity index (χ4v) is 1.46. The summed E-state index contributed by atoms with van der Waals surface area (Å²) in [6.45, 7) is 5.88. The molecule has 3 nitrogen and oxygen atoms in total. The van der Waals surface area contributed by atoms with Gasteiger partial charge in [0.15, 0.2) is 0 Å². The van der Waals surface area contributed by atoms with Crippen molar-refractivity contribution in [2.45, 2.75) is 39.7 Å². The average molecular weight is 168 g/mol. The second-order valence-corrected chi connectivity index (χ2v) is 2.95. The molecule has 0 aliphatic rings. The molecule has 0 aromatic carbocycles. The molecule has 1 rings (SSSR count). The smallest absolute Gasteiger partial charge is 0.0797 e. The molecule has 2 N–H and O–H groups in total. The normalized spacial score (nSPS) is 13.3. The van der Waals surface area contributed by atoms with E-state index in [0.717, 1.165) is 29.8 Å². The average Bonchev–Trinajstić information content (AvgIpc) is 2.46. The molecule has 1 atom stereocenters. The molecule has 0 aliphatic heterocycles. The molecule has 1 heterocycles. The van der Waals surface area contributed by atoms with Gasteiger partial charge < -0.3 is 5.11 Å². The molecular weight excluding hydrogens is 152 g/mol. The van der Waals surface area contributed by atoms with Crippen LogP contribution < -0.4 is 0 Å². The van der Waals surface area contributed by atoms with E-state index >= 15 is 0 Å². The lowest BCUT2D eigenvalue weighted by atomic mass is 10.1. The number of aliphatic hydroxyl groups excluding tert-OH is 1. The first-order valence-electron chi connectivity index (χ1n) is 4.44. The van der Waals surface area contributed by atoms with Crippen LogP contribution in [0.5, 0.6) is 0 Å². The summed E-state index contributed by atoms with van der Waals surface area (Å²) in [4.78, 5) is 0. The number of aromatic nitrogens is 2. The zero-order valence-electron chi connectivity index (χ0n) is 7.89. The Labute approximate surface area is 72.8 Å². The van der Waals surface area contributed by atoms with Crippen molar-refractivity contribution in [2.24, 2.45) is 0 Å². The van der Waals surface area contributed by atoms with Gasteiger partial charge >= 0.3 is 0 Å². The van der Waals surface area contributed by atoms with Crippen LogP contribution in [0.4, 0.5) is 0 Å². The van der Waals surface area contributed by atoms with Crippen LogP contribution in [0.2, 0.25) is 0 Å². The van der Waals surface area contributed by atoms with Crippen molar-refractivity contribution in [3.05, 3.63) is 17.0 Å². The van der Waals surface area contributed by atoms with E-state index in [4.69, 9.17) is 0 Å². The van der Waals surface area contributed by atoms with E-state index in [1.165, 1.54) is 0 Å². The van der Waals surface area contributed by atoms with Crippen molar-refractivity contribution in [2.75, 3.05) is 0 Å². The largest absolute Gasteiger partial charge is 0.389 e. The van der Waals surface area contributed by atoms with E-state index in [2.05, 4.69) is 17.1 Å². The maximum atomic E-state index is 9.48. The van der Waals surface area contributed by atoms with Crippen molar-refractivity contribution in [3.63, 3.8) is 0 Å². The minimum absolute atomic E-state index is 0.409. The van der Waals surface area contributed by atoms with E-state index in [-0.39, 0.29) is 0 Å². The molecule has 0 radical (unpaired) electrons. The van der Waals surface area contributed by atoms with Crippen LogP contribution >= 0.6 is 0 Å². The molecule has 0 aliphatic carbocycles. The maximum Gasteiger partial charge on any atom is 0.0797 e. The van der Waals surface area contributed by atoms with Gasteiger partial charge in [0.05, 0.1) is 11.8 Å². The molecular formula is C9H16N2O. The molecule has 0 amide bonds. The summed E-state index contributed by atoms with van der Waals surface area (Å²) in [5, 5.41) is 16.6. The molecule has 0 saturated heterocycles. The number of aromatic amines is 1. The second kappa shape index (κ2) is 3.72. The molecule has 1 aromatic rings. The van der Waals surface area contributed by atoms with Crippen molar-refractivity contribution >= 4 is 0 Å². The first-order valence-corrected chi connectivity index (χ1v) is 4.44. The van der Waals surface area contributed by atoms with Gasteiger partial charge in [0.1, 0.15) is 0 Å². The fourth-order valence-electron chi connectivity index (χ4n) is 1.46. The first-order chi connectivity index (χ1) is 5.70. The zero-order chi connectivity index (χ0) is 9.14. The number of H-pyrrole nitrogens is 1. The minimum atomic E-state index is -0.409. The lowest BCUT2D eigenvalue weighted by molar-refractivity contribution is 0.197. The monoisotopic (exact) mass is 168 g/mol. The van der Waals surface area contributed by atoms with E-state index in [9.17, 15) is 5.11 Å². The van der Waals surface area contributed by atoms with Gasteiger partial charge in [0.25, 0.3) is 0 Å². The quantitative estimate of drug-likeness (QED) is 0.720. The lowest BCUT2D eigenvalue weighted by Gasteiger charge is -2.05. The second-order valence-electron chi connectivity index (χ2n) is 2.95. The highest BCUT2D eigenvalue weighted by Gasteiger charge is 2.14. The van der Waals surface area contributed by atoms with Gasteiger partial charge in [-0.25, -0.2) is 0 Å². The van der Waals surface area contributed by atoms with Gasteiger partial charge in [-0.05, 0) is 19.8 Å². The first kappa shape index (κ1) is 9.26. The molecule has 0 saturated carbocycles. The number of hydrogen-bond acceptors (Lipinski definition) is 2. The maximum absolute atomic E-state index is 9.48. The number of nitrogens with one attached hydrogen (secondary N) is 1. The van der Waals surface area contributed by atoms with Crippen LogP contribution in [0.25, 0.3) is 0 Å². The van der Waals surface area contributed by atoms with E-state index < -0.39 is 6.10 Å². The predicted octanol–water partition coefficient (Wildman–Crippen LogP) is 1.59. The van der Waals surface area contributed by atoms with Gasteiger partial charge in [-0.15, -0.1) is 0 Å². The van der Waals surface area contributed by atoms with Crippen molar-refractivity contribution < 1.29 is 5.11 Å². The number of aliphatic hydroxyl groups is 1. The molecule has 12 heavy (non-hydrogen) atoms. The lowest BCUT2D eigenvalue weighted by Crippen LogP contribution is -1.98. The SMILES string of the molecule is CCc1n[nH]c(CC)c1C(C)O. The van der Waals surface area contributed by atoms with E-state index in [1.54, 1.807) is 6.92 Å². The molecule has 3 heteroatoms. The number of nitrogens with zero attached hydrogens (tertiary/aromatic N) is 1. The number of rotatable bonds is 3. The third-order valence-electron chi connectivity index (χ3n) is 2.07. The Kier molecular flexibility index (Phi) is 2.87. The molecule has 1 unspecified atom stereocenters. The molecule has 1 aromatic heterocycles. The third-order valence-corrected chi connectivity index (χ3v) is 2.07. The summed E-state index contributed by atoms with van der Waals surface area (Å²) < 4.78 is 0. The van der Waals surface area contributed by atoms with Crippen molar-refractivity contribution in [3.8, 4) is 0 Å². The highest BCUT2D eigenvalue weighted by Crippen LogP contribution is 2.20. The zero-order valence-corrected chi connectivity index (χ0v) is 7.89. The van der Waals surface area contributed by atoms with Crippen molar-refractivity contribution in [1.29, 1.82) is 0 Å². The molecule has 0 spiro atoms.